The van der Waals surface area contributed by atoms with E-state index in [9.17, 15) is 9.50 Å². The maximum atomic E-state index is 13.0. The van der Waals surface area contributed by atoms with E-state index >= 15 is 0 Å². The third-order valence-corrected chi connectivity index (χ3v) is 5.53. The molecule has 1 saturated heterocycles. The molecule has 1 fully saturated rings. The number of anilines is 1. The van der Waals surface area contributed by atoms with Crippen molar-refractivity contribution in [1.82, 2.24) is 9.88 Å². The van der Waals surface area contributed by atoms with Crippen LogP contribution in [0.15, 0.2) is 60.8 Å². The lowest BCUT2D eigenvalue weighted by atomic mass is 10.0. The molecular formula is C23H26FN3O. The summed E-state index contributed by atoms with van der Waals surface area (Å²) >= 11 is 0. The van der Waals surface area contributed by atoms with E-state index in [1.165, 1.54) is 23.2 Å². The molecule has 1 unspecified atom stereocenters. The first-order valence-corrected chi connectivity index (χ1v) is 9.95. The standard InChI is InChI=1S/C23H26FN3O/c24-20-10-8-18(9-11-20)22(28)7-3-13-26-14-16-27(17-15-26)21-6-1-4-19-5-2-12-25-23(19)21/h1-2,4-6,8-12,22,28H,3,7,13-17H2. The fourth-order valence-electron chi connectivity index (χ4n) is 3.92. The lowest BCUT2D eigenvalue weighted by Gasteiger charge is -2.36. The molecule has 2 aromatic carbocycles. The predicted molar refractivity (Wildman–Crippen MR) is 111 cm³/mol. The van der Waals surface area contributed by atoms with Crippen LogP contribution in [0.2, 0.25) is 0 Å². The molecule has 4 nitrogen and oxygen atoms in total. The molecule has 0 saturated carbocycles. The van der Waals surface area contributed by atoms with Crippen LogP contribution in [0.4, 0.5) is 10.1 Å². The van der Waals surface area contributed by atoms with Gasteiger partial charge in [0.25, 0.3) is 0 Å². The van der Waals surface area contributed by atoms with Crippen molar-refractivity contribution in [3.63, 3.8) is 0 Å². The Morgan fingerprint density at radius 1 is 0.964 bits per heavy atom. The Hall–Kier alpha value is -2.50. The van der Waals surface area contributed by atoms with Crippen LogP contribution in [0.5, 0.6) is 0 Å². The monoisotopic (exact) mass is 379 g/mol. The van der Waals surface area contributed by atoms with Crippen LogP contribution in [-0.4, -0.2) is 47.7 Å². The summed E-state index contributed by atoms with van der Waals surface area (Å²) in [6.07, 6.45) is 2.95. The average Bonchev–Trinajstić information content (AvgIpc) is 2.74. The molecule has 5 heteroatoms. The van der Waals surface area contributed by atoms with Crippen LogP contribution < -0.4 is 4.90 Å². The third-order valence-electron chi connectivity index (χ3n) is 5.53. The fraction of sp³-hybridized carbons (Fsp3) is 0.348. The number of piperazine rings is 1. The van der Waals surface area contributed by atoms with Crippen molar-refractivity contribution in [1.29, 1.82) is 0 Å². The first kappa shape index (κ1) is 18.8. The Morgan fingerprint density at radius 3 is 2.50 bits per heavy atom. The highest BCUT2D eigenvalue weighted by molar-refractivity contribution is 5.90. The van der Waals surface area contributed by atoms with Crippen LogP contribution in [-0.2, 0) is 0 Å². The summed E-state index contributed by atoms with van der Waals surface area (Å²) in [6, 6.07) is 16.6. The second-order valence-corrected chi connectivity index (χ2v) is 7.39. The van der Waals surface area contributed by atoms with Crippen LogP contribution in [0, 0.1) is 5.82 Å². The zero-order valence-corrected chi connectivity index (χ0v) is 16.0. The molecule has 2 heterocycles. The van der Waals surface area contributed by atoms with Crippen molar-refractivity contribution >= 4 is 16.6 Å². The average molecular weight is 379 g/mol. The van der Waals surface area contributed by atoms with E-state index in [0.29, 0.717) is 6.42 Å². The number of hydrogen-bond donors (Lipinski definition) is 1. The van der Waals surface area contributed by atoms with Gasteiger partial charge in [0.15, 0.2) is 0 Å². The van der Waals surface area contributed by atoms with Crippen LogP contribution in [0.3, 0.4) is 0 Å². The minimum atomic E-state index is -0.524. The van der Waals surface area contributed by atoms with Crippen LogP contribution >= 0.6 is 0 Å². The molecule has 1 N–H and O–H groups in total. The number of rotatable bonds is 6. The molecule has 0 spiro atoms. The summed E-state index contributed by atoms with van der Waals surface area (Å²) in [5.41, 5.74) is 3.07. The van der Waals surface area contributed by atoms with Gasteiger partial charge in [-0.2, -0.15) is 0 Å². The zero-order valence-electron chi connectivity index (χ0n) is 16.0. The number of aromatic nitrogens is 1. The molecule has 0 aliphatic carbocycles. The largest absolute Gasteiger partial charge is 0.388 e. The Morgan fingerprint density at radius 2 is 1.71 bits per heavy atom. The van der Waals surface area contributed by atoms with E-state index in [0.717, 1.165) is 50.2 Å². The number of aliphatic hydroxyl groups is 1. The number of aliphatic hydroxyl groups excluding tert-OH is 1. The van der Waals surface area contributed by atoms with Gasteiger partial charge in [0.05, 0.1) is 17.3 Å². The number of pyridine rings is 1. The van der Waals surface area contributed by atoms with Crippen molar-refractivity contribution in [2.24, 2.45) is 0 Å². The molecule has 1 aliphatic heterocycles. The van der Waals surface area contributed by atoms with E-state index in [2.05, 4.69) is 39.0 Å². The molecule has 1 aliphatic rings. The molecular weight excluding hydrogens is 353 g/mol. The van der Waals surface area contributed by atoms with E-state index in [1.807, 2.05) is 12.3 Å². The third kappa shape index (κ3) is 4.32. The van der Waals surface area contributed by atoms with Gasteiger partial charge in [-0.05, 0) is 49.2 Å². The van der Waals surface area contributed by atoms with E-state index in [1.54, 1.807) is 12.1 Å². The van der Waals surface area contributed by atoms with Crippen LogP contribution in [0.1, 0.15) is 24.5 Å². The molecule has 1 atom stereocenters. The summed E-state index contributed by atoms with van der Waals surface area (Å²) in [4.78, 5) is 9.44. The smallest absolute Gasteiger partial charge is 0.123 e. The van der Waals surface area contributed by atoms with Gasteiger partial charge >= 0.3 is 0 Å². The van der Waals surface area contributed by atoms with Gasteiger partial charge in [-0.1, -0.05) is 30.3 Å². The van der Waals surface area contributed by atoms with Gasteiger partial charge < -0.3 is 10.0 Å². The van der Waals surface area contributed by atoms with Crippen molar-refractivity contribution in [2.45, 2.75) is 18.9 Å². The Bertz CT molecular complexity index is 902. The minimum absolute atomic E-state index is 0.268. The Kier molecular flexibility index (Phi) is 5.84. The van der Waals surface area contributed by atoms with Crippen molar-refractivity contribution < 1.29 is 9.50 Å². The van der Waals surface area contributed by atoms with E-state index in [-0.39, 0.29) is 5.82 Å². The summed E-state index contributed by atoms with van der Waals surface area (Å²) < 4.78 is 13.0. The van der Waals surface area contributed by atoms with Gasteiger partial charge in [-0.3, -0.25) is 9.88 Å². The summed E-state index contributed by atoms with van der Waals surface area (Å²) in [5.74, 6) is -0.268. The molecule has 0 radical (unpaired) electrons. The first-order chi connectivity index (χ1) is 13.7. The minimum Gasteiger partial charge on any atom is -0.388 e. The highest BCUT2D eigenvalue weighted by Gasteiger charge is 2.19. The Labute approximate surface area is 165 Å². The van der Waals surface area contributed by atoms with Gasteiger partial charge in [-0.15, -0.1) is 0 Å². The zero-order chi connectivity index (χ0) is 19.3. The van der Waals surface area contributed by atoms with Crippen LogP contribution in [0.25, 0.3) is 10.9 Å². The summed E-state index contributed by atoms with van der Waals surface area (Å²) in [5, 5.41) is 11.5. The van der Waals surface area contributed by atoms with Gasteiger partial charge in [0, 0.05) is 37.8 Å². The van der Waals surface area contributed by atoms with Crippen molar-refractivity contribution in [3.05, 3.63) is 72.2 Å². The molecule has 4 rings (SSSR count). The van der Waals surface area contributed by atoms with E-state index in [4.69, 9.17) is 0 Å². The molecule has 146 valence electrons. The SMILES string of the molecule is OC(CCCN1CCN(c2cccc3cccnc23)CC1)c1ccc(F)cc1. The van der Waals surface area contributed by atoms with Gasteiger partial charge in [0.1, 0.15) is 5.82 Å². The second-order valence-electron chi connectivity index (χ2n) is 7.39. The summed E-state index contributed by atoms with van der Waals surface area (Å²) in [6.45, 7) is 4.96. The topological polar surface area (TPSA) is 39.6 Å². The molecule has 0 bridgehead atoms. The highest BCUT2D eigenvalue weighted by atomic mass is 19.1. The van der Waals surface area contributed by atoms with Crippen molar-refractivity contribution in [2.75, 3.05) is 37.6 Å². The number of benzene rings is 2. The molecule has 28 heavy (non-hydrogen) atoms. The number of fused-ring (bicyclic) bond motifs is 1. The summed E-state index contributed by atoms with van der Waals surface area (Å²) in [7, 11) is 0. The molecule has 1 aromatic heterocycles. The predicted octanol–water partition coefficient (Wildman–Crippen LogP) is 4.01. The first-order valence-electron chi connectivity index (χ1n) is 9.95. The second kappa shape index (κ2) is 8.67. The normalized spacial score (nSPS) is 16.4. The number of halogens is 1. The Balaban J connectivity index is 1.27. The van der Waals surface area contributed by atoms with E-state index < -0.39 is 6.10 Å². The van der Waals surface area contributed by atoms with Crippen molar-refractivity contribution in [3.8, 4) is 0 Å². The fourth-order valence-corrected chi connectivity index (χ4v) is 3.92. The molecule has 0 amide bonds. The maximum Gasteiger partial charge on any atom is 0.123 e. The maximum absolute atomic E-state index is 13.0. The van der Waals surface area contributed by atoms with Gasteiger partial charge in [-0.25, -0.2) is 4.39 Å². The lowest BCUT2D eigenvalue weighted by Crippen LogP contribution is -2.46. The van der Waals surface area contributed by atoms with Gasteiger partial charge in [0.2, 0.25) is 0 Å². The quantitative estimate of drug-likeness (QED) is 0.702. The lowest BCUT2D eigenvalue weighted by molar-refractivity contribution is 0.154. The highest BCUT2D eigenvalue weighted by Crippen LogP contribution is 2.26. The number of nitrogens with zero attached hydrogens (tertiary/aromatic N) is 3. The number of para-hydroxylation sites is 1. The molecule has 3 aromatic rings. The number of hydrogen-bond acceptors (Lipinski definition) is 4.